The van der Waals surface area contributed by atoms with Crippen molar-refractivity contribution >= 4 is 5.69 Å². The van der Waals surface area contributed by atoms with E-state index in [1.165, 1.54) is 12.1 Å². The first kappa shape index (κ1) is 10.7. The van der Waals surface area contributed by atoms with Gasteiger partial charge in [0.1, 0.15) is 0 Å². The number of non-ortho nitro benzene ring substituents is 1. The molecule has 1 N–H and O–H groups in total. The summed E-state index contributed by atoms with van der Waals surface area (Å²) in [4.78, 5) is 10.0. The third kappa shape index (κ3) is 2.53. The third-order valence-corrected chi connectivity index (χ3v) is 2.03. The first-order chi connectivity index (χ1) is 6.65. The van der Waals surface area contributed by atoms with Crippen LogP contribution < -0.4 is 0 Å². The van der Waals surface area contributed by atoms with E-state index in [-0.39, 0.29) is 5.69 Å². The van der Waals surface area contributed by atoms with Gasteiger partial charge in [0.05, 0.1) is 11.0 Å². The molecule has 0 fully saturated rings. The maximum atomic E-state index is 10.5. The largest absolute Gasteiger partial charge is 0.388 e. The number of nitrogens with zero attached hydrogens (tertiary/aromatic N) is 1. The van der Waals surface area contributed by atoms with Gasteiger partial charge in [0.25, 0.3) is 5.69 Å². The number of nitro groups is 1. The Morgan fingerprint density at radius 1 is 1.57 bits per heavy atom. The smallest absolute Gasteiger partial charge is 0.269 e. The Kier molecular flexibility index (Phi) is 3.59. The molecule has 0 radical (unpaired) electrons. The van der Waals surface area contributed by atoms with Gasteiger partial charge in [0.2, 0.25) is 0 Å². The second-order valence-electron chi connectivity index (χ2n) is 3.16. The fraction of sp³-hybridized carbons (Fsp3) is 0.400. The summed E-state index contributed by atoms with van der Waals surface area (Å²) < 4.78 is 0. The predicted molar refractivity (Wildman–Crippen MR) is 53.0 cm³/mol. The number of aliphatic hydroxyl groups is 1. The average molecular weight is 195 g/mol. The van der Waals surface area contributed by atoms with Crippen LogP contribution in [0.25, 0.3) is 0 Å². The molecule has 1 atom stereocenters. The maximum absolute atomic E-state index is 10.5. The Morgan fingerprint density at radius 2 is 2.29 bits per heavy atom. The molecule has 4 heteroatoms. The lowest BCUT2D eigenvalue weighted by Gasteiger charge is -2.08. The molecule has 0 bridgehead atoms. The van der Waals surface area contributed by atoms with E-state index in [9.17, 15) is 15.2 Å². The zero-order valence-electron chi connectivity index (χ0n) is 8.01. The van der Waals surface area contributed by atoms with Gasteiger partial charge in [-0.05, 0) is 12.0 Å². The zero-order chi connectivity index (χ0) is 10.6. The summed E-state index contributed by atoms with van der Waals surface area (Å²) in [5.41, 5.74) is 0.638. The number of rotatable bonds is 4. The van der Waals surface area contributed by atoms with Crippen LogP contribution in [0.4, 0.5) is 5.69 Å². The van der Waals surface area contributed by atoms with Crippen molar-refractivity contribution in [2.75, 3.05) is 0 Å². The SMILES string of the molecule is CCCC(O)c1cccc([N+](=O)[O-])c1. The quantitative estimate of drug-likeness (QED) is 0.592. The van der Waals surface area contributed by atoms with Crippen molar-refractivity contribution in [2.24, 2.45) is 0 Å². The highest BCUT2D eigenvalue weighted by Crippen LogP contribution is 2.22. The van der Waals surface area contributed by atoms with Crippen molar-refractivity contribution < 1.29 is 10.0 Å². The van der Waals surface area contributed by atoms with Crippen LogP contribution in [0.15, 0.2) is 24.3 Å². The summed E-state index contributed by atoms with van der Waals surface area (Å²) in [6, 6.07) is 6.13. The summed E-state index contributed by atoms with van der Waals surface area (Å²) in [6.07, 6.45) is 0.880. The molecule has 1 aromatic rings. The molecule has 76 valence electrons. The van der Waals surface area contributed by atoms with Crippen LogP contribution in [0.3, 0.4) is 0 Å². The number of hydrogen-bond donors (Lipinski definition) is 1. The molecule has 0 aliphatic carbocycles. The number of aliphatic hydroxyl groups excluding tert-OH is 1. The molecular formula is C10H13NO3. The van der Waals surface area contributed by atoms with Gasteiger partial charge in [0, 0.05) is 12.1 Å². The highest BCUT2D eigenvalue weighted by molar-refractivity contribution is 5.35. The fourth-order valence-electron chi connectivity index (χ4n) is 1.29. The monoisotopic (exact) mass is 195 g/mol. The van der Waals surface area contributed by atoms with Crippen molar-refractivity contribution in [3.8, 4) is 0 Å². The molecule has 1 aromatic carbocycles. The van der Waals surface area contributed by atoms with E-state index in [1.807, 2.05) is 6.92 Å². The topological polar surface area (TPSA) is 63.4 Å². The molecule has 1 unspecified atom stereocenters. The van der Waals surface area contributed by atoms with Gasteiger partial charge in [-0.1, -0.05) is 25.5 Å². The molecule has 0 saturated heterocycles. The summed E-state index contributed by atoms with van der Waals surface area (Å²) >= 11 is 0. The van der Waals surface area contributed by atoms with Crippen LogP contribution in [-0.2, 0) is 0 Å². The summed E-state index contributed by atoms with van der Waals surface area (Å²) in [5.74, 6) is 0. The Balaban J connectivity index is 2.87. The van der Waals surface area contributed by atoms with Crippen LogP contribution in [0, 0.1) is 10.1 Å². The molecule has 0 aliphatic rings. The van der Waals surface area contributed by atoms with Crippen LogP contribution >= 0.6 is 0 Å². The standard InChI is InChI=1S/C10H13NO3/c1-2-4-10(12)8-5-3-6-9(7-8)11(13)14/h3,5-7,10,12H,2,4H2,1H3. The Bertz CT molecular complexity index is 325. The van der Waals surface area contributed by atoms with Gasteiger partial charge >= 0.3 is 0 Å². The lowest BCUT2D eigenvalue weighted by molar-refractivity contribution is -0.385. The lowest BCUT2D eigenvalue weighted by Crippen LogP contribution is -1.97. The Morgan fingerprint density at radius 3 is 2.86 bits per heavy atom. The number of nitro benzene ring substituents is 1. The molecule has 0 heterocycles. The number of hydrogen-bond acceptors (Lipinski definition) is 3. The van der Waals surface area contributed by atoms with E-state index in [4.69, 9.17) is 0 Å². The van der Waals surface area contributed by atoms with Gasteiger partial charge in [-0.25, -0.2) is 0 Å². The highest BCUT2D eigenvalue weighted by atomic mass is 16.6. The molecular weight excluding hydrogens is 182 g/mol. The maximum Gasteiger partial charge on any atom is 0.269 e. The molecule has 0 saturated carbocycles. The normalized spacial score (nSPS) is 12.4. The van der Waals surface area contributed by atoms with Gasteiger partial charge in [-0.3, -0.25) is 10.1 Å². The Labute approximate surface area is 82.3 Å². The number of benzene rings is 1. The van der Waals surface area contributed by atoms with Crippen molar-refractivity contribution in [3.05, 3.63) is 39.9 Å². The third-order valence-electron chi connectivity index (χ3n) is 2.03. The van der Waals surface area contributed by atoms with E-state index < -0.39 is 11.0 Å². The van der Waals surface area contributed by atoms with Gasteiger partial charge in [0.15, 0.2) is 0 Å². The highest BCUT2D eigenvalue weighted by Gasteiger charge is 2.10. The predicted octanol–water partition coefficient (Wildman–Crippen LogP) is 2.43. The zero-order valence-corrected chi connectivity index (χ0v) is 8.01. The first-order valence-electron chi connectivity index (χ1n) is 4.57. The fourth-order valence-corrected chi connectivity index (χ4v) is 1.29. The second-order valence-corrected chi connectivity index (χ2v) is 3.16. The van der Waals surface area contributed by atoms with E-state index >= 15 is 0 Å². The van der Waals surface area contributed by atoms with Crippen molar-refractivity contribution in [1.82, 2.24) is 0 Å². The van der Waals surface area contributed by atoms with E-state index in [0.29, 0.717) is 12.0 Å². The molecule has 14 heavy (non-hydrogen) atoms. The van der Waals surface area contributed by atoms with Crippen molar-refractivity contribution in [2.45, 2.75) is 25.9 Å². The summed E-state index contributed by atoms with van der Waals surface area (Å²) in [7, 11) is 0. The van der Waals surface area contributed by atoms with Gasteiger partial charge in [-0.2, -0.15) is 0 Å². The van der Waals surface area contributed by atoms with E-state index in [2.05, 4.69) is 0 Å². The van der Waals surface area contributed by atoms with E-state index in [1.54, 1.807) is 12.1 Å². The molecule has 0 aliphatic heterocycles. The second kappa shape index (κ2) is 4.72. The minimum Gasteiger partial charge on any atom is -0.388 e. The van der Waals surface area contributed by atoms with Gasteiger partial charge in [-0.15, -0.1) is 0 Å². The van der Waals surface area contributed by atoms with Crippen LogP contribution in [-0.4, -0.2) is 10.0 Å². The molecule has 0 amide bonds. The Hall–Kier alpha value is -1.42. The molecule has 1 rings (SSSR count). The van der Waals surface area contributed by atoms with Crippen LogP contribution in [0.1, 0.15) is 31.4 Å². The summed E-state index contributed by atoms with van der Waals surface area (Å²) in [6.45, 7) is 1.96. The minimum absolute atomic E-state index is 0.0256. The summed E-state index contributed by atoms with van der Waals surface area (Å²) in [5, 5.41) is 20.1. The van der Waals surface area contributed by atoms with Crippen LogP contribution in [0.5, 0.6) is 0 Å². The molecule has 0 spiro atoms. The molecule has 0 aromatic heterocycles. The average Bonchev–Trinajstić information content (AvgIpc) is 2.18. The van der Waals surface area contributed by atoms with Crippen molar-refractivity contribution in [1.29, 1.82) is 0 Å². The van der Waals surface area contributed by atoms with E-state index in [0.717, 1.165) is 6.42 Å². The van der Waals surface area contributed by atoms with Gasteiger partial charge < -0.3 is 5.11 Å². The minimum atomic E-state index is -0.597. The first-order valence-corrected chi connectivity index (χ1v) is 4.57. The lowest BCUT2D eigenvalue weighted by atomic mass is 10.1. The van der Waals surface area contributed by atoms with Crippen LogP contribution in [0.2, 0.25) is 0 Å². The molecule has 4 nitrogen and oxygen atoms in total. The van der Waals surface area contributed by atoms with Crippen molar-refractivity contribution in [3.63, 3.8) is 0 Å².